The summed E-state index contributed by atoms with van der Waals surface area (Å²) < 4.78 is 0. The molecule has 0 unspecified atom stereocenters. The molecule has 0 aliphatic heterocycles. The minimum absolute atomic E-state index is 0.483. The van der Waals surface area contributed by atoms with Gasteiger partial charge in [0, 0.05) is 13.1 Å². The third kappa shape index (κ3) is 9.84. The van der Waals surface area contributed by atoms with Gasteiger partial charge in [0.1, 0.15) is 0 Å². The van der Waals surface area contributed by atoms with Crippen LogP contribution >= 0.6 is 0 Å². The van der Waals surface area contributed by atoms with E-state index in [1.807, 2.05) is 0 Å². The van der Waals surface area contributed by atoms with E-state index in [2.05, 4.69) is 5.32 Å². The van der Waals surface area contributed by atoms with Crippen LogP contribution in [0, 0.1) is 0 Å². The lowest BCUT2D eigenvalue weighted by molar-refractivity contribution is -0.0465. The molecular formula is C8H20N2O2. The molecular weight excluding hydrogens is 156 g/mol. The largest absolute Gasteiger partial charge is 0.368 e. The molecule has 4 heteroatoms. The standard InChI is InChI=1S/C8H20N2O2/c9-5-7-10-6-3-1-2-4-8(11)12/h8,10-12H,1-7,9H2. The predicted octanol–water partition coefficient (Wildman–Crippen LogP) is -0.594. The quantitative estimate of drug-likeness (QED) is 0.294. The highest BCUT2D eigenvalue weighted by molar-refractivity contribution is 4.49. The highest BCUT2D eigenvalue weighted by atomic mass is 16.5. The molecule has 0 spiro atoms. The van der Waals surface area contributed by atoms with Crippen molar-refractivity contribution in [2.24, 2.45) is 5.73 Å². The summed E-state index contributed by atoms with van der Waals surface area (Å²) in [7, 11) is 0. The van der Waals surface area contributed by atoms with Crippen molar-refractivity contribution in [3.63, 3.8) is 0 Å². The van der Waals surface area contributed by atoms with Gasteiger partial charge in [0.25, 0.3) is 0 Å². The van der Waals surface area contributed by atoms with Crippen LogP contribution in [0.5, 0.6) is 0 Å². The van der Waals surface area contributed by atoms with Gasteiger partial charge < -0.3 is 21.3 Å². The maximum Gasteiger partial charge on any atom is 0.151 e. The van der Waals surface area contributed by atoms with Gasteiger partial charge in [0.2, 0.25) is 0 Å². The summed E-state index contributed by atoms with van der Waals surface area (Å²) in [6.45, 7) is 2.51. The van der Waals surface area contributed by atoms with Crippen LogP contribution < -0.4 is 11.1 Å². The van der Waals surface area contributed by atoms with Crippen molar-refractivity contribution in [3.8, 4) is 0 Å². The van der Waals surface area contributed by atoms with E-state index in [0.717, 1.165) is 32.4 Å². The first kappa shape index (κ1) is 11.8. The second-order valence-electron chi connectivity index (χ2n) is 2.87. The molecule has 0 amide bonds. The fourth-order valence-electron chi connectivity index (χ4n) is 0.981. The molecule has 0 rings (SSSR count). The zero-order chi connectivity index (χ0) is 9.23. The van der Waals surface area contributed by atoms with Crippen LogP contribution in [0.3, 0.4) is 0 Å². The average molecular weight is 176 g/mol. The Kier molecular flexibility index (Phi) is 8.81. The summed E-state index contributed by atoms with van der Waals surface area (Å²) in [6, 6.07) is 0. The number of hydrogen-bond donors (Lipinski definition) is 4. The fourth-order valence-corrected chi connectivity index (χ4v) is 0.981. The lowest BCUT2D eigenvalue weighted by atomic mass is 10.2. The molecule has 0 atom stereocenters. The van der Waals surface area contributed by atoms with Gasteiger partial charge in [0.15, 0.2) is 6.29 Å². The predicted molar refractivity (Wildman–Crippen MR) is 48.6 cm³/mol. The molecule has 0 bridgehead atoms. The van der Waals surface area contributed by atoms with Crippen molar-refractivity contribution in [3.05, 3.63) is 0 Å². The van der Waals surface area contributed by atoms with E-state index in [-0.39, 0.29) is 0 Å². The first-order valence-corrected chi connectivity index (χ1v) is 4.54. The van der Waals surface area contributed by atoms with Crippen molar-refractivity contribution in [1.29, 1.82) is 0 Å². The summed E-state index contributed by atoms with van der Waals surface area (Å²) >= 11 is 0. The molecule has 0 aliphatic rings. The highest BCUT2D eigenvalue weighted by Crippen LogP contribution is 2.00. The monoisotopic (exact) mass is 176 g/mol. The van der Waals surface area contributed by atoms with E-state index in [0.29, 0.717) is 13.0 Å². The maximum absolute atomic E-state index is 8.52. The van der Waals surface area contributed by atoms with Crippen molar-refractivity contribution in [1.82, 2.24) is 5.32 Å². The Labute approximate surface area is 73.8 Å². The van der Waals surface area contributed by atoms with Gasteiger partial charge in [-0.15, -0.1) is 0 Å². The van der Waals surface area contributed by atoms with Gasteiger partial charge in [-0.2, -0.15) is 0 Å². The number of rotatable bonds is 8. The molecule has 0 aromatic heterocycles. The van der Waals surface area contributed by atoms with E-state index < -0.39 is 6.29 Å². The third-order valence-electron chi connectivity index (χ3n) is 1.64. The number of nitrogens with one attached hydrogen (secondary N) is 1. The Morgan fingerprint density at radius 1 is 1.08 bits per heavy atom. The number of hydrogen-bond acceptors (Lipinski definition) is 4. The molecule has 0 saturated carbocycles. The zero-order valence-electron chi connectivity index (χ0n) is 7.50. The minimum atomic E-state index is -1.14. The molecule has 0 fully saturated rings. The molecule has 0 aromatic carbocycles. The van der Waals surface area contributed by atoms with E-state index in [4.69, 9.17) is 15.9 Å². The number of aliphatic hydroxyl groups is 2. The van der Waals surface area contributed by atoms with Gasteiger partial charge in [0.05, 0.1) is 0 Å². The van der Waals surface area contributed by atoms with Gasteiger partial charge in [-0.25, -0.2) is 0 Å². The number of aliphatic hydroxyl groups excluding tert-OH is 1. The smallest absolute Gasteiger partial charge is 0.151 e. The summed E-state index contributed by atoms with van der Waals surface area (Å²) in [5.74, 6) is 0. The van der Waals surface area contributed by atoms with E-state index in [1.165, 1.54) is 0 Å². The Morgan fingerprint density at radius 3 is 2.42 bits per heavy atom. The van der Waals surface area contributed by atoms with E-state index in [9.17, 15) is 0 Å². The minimum Gasteiger partial charge on any atom is -0.368 e. The van der Waals surface area contributed by atoms with E-state index in [1.54, 1.807) is 0 Å². The molecule has 0 aliphatic carbocycles. The van der Waals surface area contributed by atoms with Gasteiger partial charge in [-0.3, -0.25) is 0 Å². The summed E-state index contributed by atoms with van der Waals surface area (Å²) in [4.78, 5) is 0. The zero-order valence-corrected chi connectivity index (χ0v) is 7.50. The van der Waals surface area contributed by atoms with Crippen LogP contribution in [0.1, 0.15) is 25.7 Å². The average Bonchev–Trinajstić information content (AvgIpc) is 2.02. The van der Waals surface area contributed by atoms with Crippen molar-refractivity contribution < 1.29 is 10.2 Å². The molecule has 74 valence electrons. The lowest BCUT2D eigenvalue weighted by Gasteiger charge is -2.03. The molecule has 0 heterocycles. The summed E-state index contributed by atoms with van der Waals surface area (Å²) in [6.07, 6.45) is 2.34. The van der Waals surface area contributed by atoms with Crippen LogP contribution in [0.15, 0.2) is 0 Å². The van der Waals surface area contributed by atoms with Gasteiger partial charge >= 0.3 is 0 Å². The maximum atomic E-state index is 8.52. The Bertz CT molecular complexity index is 89.1. The Balaban J connectivity index is 2.82. The summed E-state index contributed by atoms with van der Waals surface area (Å²) in [5.41, 5.74) is 5.28. The number of unbranched alkanes of at least 4 members (excludes halogenated alkanes) is 2. The molecule has 0 aromatic rings. The lowest BCUT2D eigenvalue weighted by Crippen LogP contribution is -2.23. The molecule has 12 heavy (non-hydrogen) atoms. The highest BCUT2D eigenvalue weighted by Gasteiger charge is 1.95. The van der Waals surface area contributed by atoms with E-state index >= 15 is 0 Å². The molecule has 5 N–H and O–H groups in total. The normalized spacial score (nSPS) is 11.0. The van der Waals surface area contributed by atoms with Crippen molar-refractivity contribution in [2.45, 2.75) is 32.0 Å². The molecule has 0 saturated heterocycles. The van der Waals surface area contributed by atoms with Crippen LogP contribution in [0.4, 0.5) is 0 Å². The van der Waals surface area contributed by atoms with Gasteiger partial charge in [-0.1, -0.05) is 6.42 Å². The van der Waals surface area contributed by atoms with Crippen molar-refractivity contribution >= 4 is 0 Å². The SMILES string of the molecule is NCCNCCCCCC(O)O. The van der Waals surface area contributed by atoms with Crippen molar-refractivity contribution in [2.75, 3.05) is 19.6 Å². The second kappa shape index (κ2) is 8.93. The molecule has 4 nitrogen and oxygen atoms in total. The number of nitrogens with two attached hydrogens (primary N) is 1. The Hall–Kier alpha value is -0.160. The Morgan fingerprint density at radius 2 is 1.83 bits per heavy atom. The second-order valence-corrected chi connectivity index (χ2v) is 2.87. The first-order chi connectivity index (χ1) is 5.77. The topological polar surface area (TPSA) is 78.5 Å². The van der Waals surface area contributed by atoms with Gasteiger partial charge in [-0.05, 0) is 25.8 Å². The fraction of sp³-hybridized carbons (Fsp3) is 1.00. The molecule has 0 radical (unpaired) electrons. The van der Waals surface area contributed by atoms with Crippen LogP contribution in [-0.2, 0) is 0 Å². The summed E-state index contributed by atoms with van der Waals surface area (Å²) in [5, 5.41) is 20.2. The third-order valence-corrected chi connectivity index (χ3v) is 1.64. The van der Waals surface area contributed by atoms with Crippen LogP contribution in [0.2, 0.25) is 0 Å². The first-order valence-electron chi connectivity index (χ1n) is 4.54. The van der Waals surface area contributed by atoms with Crippen LogP contribution in [0.25, 0.3) is 0 Å². The van der Waals surface area contributed by atoms with Crippen LogP contribution in [-0.4, -0.2) is 36.1 Å².